The van der Waals surface area contributed by atoms with Gasteiger partial charge in [0.15, 0.2) is 5.96 Å². The Balaban J connectivity index is 2.15. The zero-order chi connectivity index (χ0) is 12.5. The van der Waals surface area contributed by atoms with E-state index in [0.29, 0.717) is 18.7 Å². The van der Waals surface area contributed by atoms with E-state index in [0.717, 1.165) is 12.8 Å². The van der Waals surface area contributed by atoms with E-state index in [-0.39, 0.29) is 11.9 Å². The lowest BCUT2D eigenvalue weighted by atomic mass is 10.2. The molecule has 5 N–H and O–H groups in total. The molecule has 1 rings (SSSR count). The summed E-state index contributed by atoms with van der Waals surface area (Å²) in [5.74, 6) is 0.0139. The van der Waals surface area contributed by atoms with E-state index in [1.807, 2.05) is 0 Å². The average molecular weight is 235 g/mol. The standard InChI is InChI=1S/C11H17N5O/c12-11(13)16-6-2-1-5-15-10(17)9-3-7-14-8-4-9/h3-4,7-8H,1-2,5-6H2,(H,15,17)(H4,12,13,16). The maximum Gasteiger partial charge on any atom is 0.251 e. The first-order valence-corrected chi connectivity index (χ1v) is 5.44. The number of nitrogens with one attached hydrogen (secondary N) is 1. The molecule has 1 aromatic rings. The molecule has 0 fully saturated rings. The number of aromatic nitrogens is 1. The molecule has 1 amide bonds. The highest BCUT2D eigenvalue weighted by atomic mass is 16.1. The third-order valence-corrected chi connectivity index (χ3v) is 2.11. The number of rotatable bonds is 6. The number of hydrogen-bond acceptors (Lipinski definition) is 3. The molecular formula is C11H17N5O. The van der Waals surface area contributed by atoms with Crippen molar-refractivity contribution in [2.24, 2.45) is 16.5 Å². The smallest absolute Gasteiger partial charge is 0.251 e. The monoisotopic (exact) mass is 235 g/mol. The van der Waals surface area contributed by atoms with Gasteiger partial charge in [0, 0.05) is 31.0 Å². The highest BCUT2D eigenvalue weighted by molar-refractivity contribution is 5.93. The van der Waals surface area contributed by atoms with Gasteiger partial charge < -0.3 is 16.8 Å². The lowest BCUT2D eigenvalue weighted by Crippen LogP contribution is -2.25. The molecule has 0 saturated heterocycles. The summed E-state index contributed by atoms with van der Waals surface area (Å²) in [6.45, 7) is 1.20. The summed E-state index contributed by atoms with van der Waals surface area (Å²) in [6, 6.07) is 3.35. The summed E-state index contributed by atoms with van der Waals surface area (Å²) < 4.78 is 0. The summed E-state index contributed by atoms with van der Waals surface area (Å²) in [7, 11) is 0. The molecule has 17 heavy (non-hydrogen) atoms. The van der Waals surface area contributed by atoms with E-state index in [2.05, 4.69) is 15.3 Å². The van der Waals surface area contributed by atoms with Crippen LogP contribution in [0.3, 0.4) is 0 Å². The highest BCUT2D eigenvalue weighted by Gasteiger charge is 2.02. The van der Waals surface area contributed by atoms with Crippen molar-refractivity contribution in [3.05, 3.63) is 30.1 Å². The van der Waals surface area contributed by atoms with E-state index in [4.69, 9.17) is 11.5 Å². The van der Waals surface area contributed by atoms with E-state index < -0.39 is 0 Å². The van der Waals surface area contributed by atoms with Gasteiger partial charge in [-0.05, 0) is 25.0 Å². The molecule has 0 saturated carbocycles. The Morgan fingerprint density at radius 1 is 1.29 bits per heavy atom. The molecule has 1 heterocycles. The fourth-order valence-corrected chi connectivity index (χ4v) is 1.25. The van der Waals surface area contributed by atoms with Crippen LogP contribution in [-0.4, -0.2) is 29.9 Å². The first-order valence-electron chi connectivity index (χ1n) is 5.44. The van der Waals surface area contributed by atoms with Gasteiger partial charge in [0.25, 0.3) is 5.91 Å². The zero-order valence-electron chi connectivity index (χ0n) is 9.60. The Bertz CT molecular complexity index is 373. The van der Waals surface area contributed by atoms with Crippen molar-refractivity contribution in [2.45, 2.75) is 12.8 Å². The molecule has 92 valence electrons. The van der Waals surface area contributed by atoms with Crippen molar-refractivity contribution in [3.63, 3.8) is 0 Å². The second kappa shape index (κ2) is 7.21. The lowest BCUT2D eigenvalue weighted by Gasteiger charge is -2.03. The number of carbonyl (C=O) groups excluding carboxylic acids is 1. The quantitative estimate of drug-likeness (QED) is 0.362. The van der Waals surface area contributed by atoms with E-state index in [1.165, 1.54) is 0 Å². The fraction of sp³-hybridized carbons (Fsp3) is 0.364. The maximum atomic E-state index is 11.6. The van der Waals surface area contributed by atoms with Gasteiger partial charge in [-0.3, -0.25) is 14.8 Å². The van der Waals surface area contributed by atoms with Crippen molar-refractivity contribution in [3.8, 4) is 0 Å². The van der Waals surface area contributed by atoms with Gasteiger partial charge in [-0.1, -0.05) is 0 Å². The minimum atomic E-state index is -0.0887. The number of pyridine rings is 1. The molecule has 0 spiro atoms. The van der Waals surface area contributed by atoms with Crippen LogP contribution in [-0.2, 0) is 0 Å². The third-order valence-electron chi connectivity index (χ3n) is 2.11. The van der Waals surface area contributed by atoms with Crippen LogP contribution in [0.4, 0.5) is 0 Å². The van der Waals surface area contributed by atoms with Crippen LogP contribution in [0.25, 0.3) is 0 Å². The fourth-order valence-electron chi connectivity index (χ4n) is 1.25. The van der Waals surface area contributed by atoms with Crippen LogP contribution in [0.2, 0.25) is 0 Å². The molecule has 0 aliphatic rings. The summed E-state index contributed by atoms with van der Waals surface area (Å²) in [5.41, 5.74) is 11.0. The topological polar surface area (TPSA) is 106 Å². The summed E-state index contributed by atoms with van der Waals surface area (Å²) >= 11 is 0. The number of guanidine groups is 1. The minimum Gasteiger partial charge on any atom is -0.370 e. The predicted molar refractivity (Wildman–Crippen MR) is 66.5 cm³/mol. The second-order valence-corrected chi connectivity index (χ2v) is 3.51. The second-order valence-electron chi connectivity index (χ2n) is 3.51. The highest BCUT2D eigenvalue weighted by Crippen LogP contribution is 1.96. The maximum absolute atomic E-state index is 11.6. The van der Waals surface area contributed by atoms with Crippen molar-refractivity contribution < 1.29 is 4.79 Å². The molecule has 0 aromatic carbocycles. The summed E-state index contributed by atoms with van der Waals surface area (Å²) in [6.07, 6.45) is 4.86. The summed E-state index contributed by atoms with van der Waals surface area (Å²) in [4.78, 5) is 19.3. The molecule has 0 unspecified atom stereocenters. The molecule has 0 aliphatic carbocycles. The minimum absolute atomic E-state index is 0.0887. The number of nitrogens with two attached hydrogens (primary N) is 2. The van der Waals surface area contributed by atoms with Gasteiger partial charge in [0.1, 0.15) is 0 Å². The summed E-state index contributed by atoms with van der Waals surface area (Å²) in [5, 5.41) is 2.81. The Hall–Kier alpha value is -2.11. The van der Waals surface area contributed by atoms with E-state index in [9.17, 15) is 4.79 Å². The molecule has 0 bridgehead atoms. The Morgan fingerprint density at radius 2 is 2.00 bits per heavy atom. The first-order chi connectivity index (χ1) is 8.20. The average Bonchev–Trinajstić information content (AvgIpc) is 2.34. The van der Waals surface area contributed by atoms with Gasteiger partial charge in [-0.25, -0.2) is 0 Å². The first kappa shape index (κ1) is 13.0. The van der Waals surface area contributed by atoms with Crippen LogP contribution in [0.15, 0.2) is 29.5 Å². The number of unbranched alkanes of at least 4 members (excludes halogenated alkanes) is 1. The van der Waals surface area contributed by atoms with Crippen LogP contribution in [0.1, 0.15) is 23.2 Å². The number of aliphatic imine (C=N–C) groups is 1. The number of amides is 1. The number of nitrogens with zero attached hydrogens (tertiary/aromatic N) is 2. The lowest BCUT2D eigenvalue weighted by molar-refractivity contribution is 0.0953. The van der Waals surface area contributed by atoms with Gasteiger partial charge in [-0.15, -0.1) is 0 Å². The predicted octanol–water partition coefficient (Wildman–Crippen LogP) is -0.135. The molecule has 0 aliphatic heterocycles. The van der Waals surface area contributed by atoms with Crippen molar-refractivity contribution in [1.82, 2.24) is 10.3 Å². The van der Waals surface area contributed by atoms with Gasteiger partial charge in [-0.2, -0.15) is 0 Å². The van der Waals surface area contributed by atoms with E-state index >= 15 is 0 Å². The van der Waals surface area contributed by atoms with Crippen molar-refractivity contribution in [2.75, 3.05) is 13.1 Å². The van der Waals surface area contributed by atoms with Crippen LogP contribution in [0, 0.1) is 0 Å². The Labute approximate surface area is 100 Å². The number of hydrogen-bond donors (Lipinski definition) is 3. The largest absolute Gasteiger partial charge is 0.370 e. The van der Waals surface area contributed by atoms with Crippen molar-refractivity contribution >= 4 is 11.9 Å². The van der Waals surface area contributed by atoms with Crippen LogP contribution >= 0.6 is 0 Å². The molecule has 0 atom stereocenters. The van der Waals surface area contributed by atoms with Gasteiger partial charge >= 0.3 is 0 Å². The van der Waals surface area contributed by atoms with Gasteiger partial charge in [0.2, 0.25) is 0 Å². The molecule has 6 nitrogen and oxygen atoms in total. The molecular weight excluding hydrogens is 218 g/mol. The normalized spacial score (nSPS) is 9.65. The number of carbonyl (C=O) groups is 1. The van der Waals surface area contributed by atoms with Crippen LogP contribution < -0.4 is 16.8 Å². The zero-order valence-corrected chi connectivity index (χ0v) is 9.60. The van der Waals surface area contributed by atoms with E-state index in [1.54, 1.807) is 24.5 Å². The van der Waals surface area contributed by atoms with Crippen LogP contribution in [0.5, 0.6) is 0 Å². The molecule has 6 heteroatoms. The SMILES string of the molecule is NC(N)=NCCCCNC(=O)c1ccncc1. The molecule has 1 aromatic heterocycles. The Kier molecular flexibility index (Phi) is 5.50. The Morgan fingerprint density at radius 3 is 2.65 bits per heavy atom. The third kappa shape index (κ3) is 5.50. The van der Waals surface area contributed by atoms with Gasteiger partial charge in [0.05, 0.1) is 0 Å². The van der Waals surface area contributed by atoms with Crippen molar-refractivity contribution in [1.29, 1.82) is 0 Å². The molecule has 0 radical (unpaired) electrons.